The van der Waals surface area contributed by atoms with Gasteiger partial charge in [0.1, 0.15) is 6.54 Å². The van der Waals surface area contributed by atoms with E-state index in [4.69, 9.17) is 4.74 Å². The molecule has 1 aliphatic rings. The van der Waals surface area contributed by atoms with E-state index in [-0.39, 0.29) is 36.0 Å². The topological polar surface area (TPSA) is 77.3 Å². The molecule has 2 N–H and O–H groups in total. The van der Waals surface area contributed by atoms with Crippen molar-refractivity contribution in [2.45, 2.75) is 19.4 Å². The van der Waals surface area contributed by atoms with Gasteiger partial charge in [-0.3, -0.25) is 13.9 Å². The minimum absolute atomic E-state index is 0. The largest absolute Gasteiger partial charge is 0.384 e. The quantitative estimate of drug-likeness (QED) is 0.778. The number of imidazole rings is 1. The maximum atomic E-state index is 12.5. The molecule has 2 heterocycles. The molecular formula is C18H27ClN4O3. The first-order chi connectivity index (χ1) is 12.1. The zero-order valence-electron chi connectivity index (χ0n) is 15.3. The van der Waals surface area contributed by atoms with E-state index >= 15 is 0 Å². The molecule has 1 aliphatic heterocycles. The van der Waals surface area contributed by atoms with Crippen LogP contribution < -0.4 is 16.3 Å². The minimum atomic E-state index is -0.176. The Bertz CT molecular complexity index is 803. The monoisotopic (exact) mass is 382 g/mol. The van der Waals surface area contributed by atoms with Gasteiger partial charge >= 0.3 is 5.69 Å². The Hall–Kier alpha value is -1.83. The molecular weight excluding hydrogens is 356 g/mol. The van der Waals surface area contributed by atoms with Crippen molar-refractivity contribution in [3.63, 3.8) is 0 Å². The van der Waals surface area contributed by atoms with E-state index < -0.39 is 0 Å². The molecule has 26 heavy (non-hydrogen) atoms. The highest BCUT2D eigenvalue weighted by Gasteiger charge is 2.32. The first kappa shape index (κ1) is 20.5. The number of halogens is 1. The molecule has 8 heteroatoms. The Morgan fingerprint density at radius 3 is 2.58 bits per heavy atom. The molecule has 3 rings (SSSR count). The van der Waals surface area contributed by atoms with E-state index in [1.807, 2.05) is 24.3 Å². The lowest BCUT2D eigenvalue weighted by molar-refractivity contribution is -0.122. The highest BCUT2D eigenvalue weighted by molar-refractivity contribution is 5.85. The second-order valence-electron chi connectivity index (χ2n) is 6.88. The summed E-state index contributed by atoms with van der Waals surface area (Å²) in [6.45, 7) is 3.09. The smallest absolute Gasteiger partial charge is 0.329 e. The van der Waals surface area contributed by atoms with Crippen molar-refractivity contribution in [3.8, 4) is 0 Å². The molecule has 0 radical (unpaired) electrons. The molecule has 1 aromatic heterocycles. The Labute approximate surface area is 159 Å². The van der Waals surface area contributed by atoms with E-state index in [2.05, 4.69) is 10.6 Å². The maximum Gasteiger partial charge on any atom is 0.329 e. The zero-order valence-corrected chi connectivity index (χ0v) is 16.1. The van der Waals surface area contributed by atoms with Gasteiger partial charge in [-0.25, -0.2) is 4.79 Å². The molecule has 1 amide bonds. The SMILES string of the molecule is COCC1(CNC(=O)Cn2c(=O)n(C)c3ccccc32)CCNCC1.Cl. The number of ether oxygens (including phenoxy) is 1. The van der Waals surface area contributed by atoms with Gasteiger partial charge in [0.05, 0.1) is 17.6 Å². The molecule has 0 unspecified atom stereocenters. The fourth-order valence-electron chi connectivity index (χ4n) is 3.64. The van der Waals surface area contributed by atoms with Crippen molar-refractivity contribution in [2.75, 3.05) is 33.4 Å². The Balaban J connectivity index is 0.00000243. The third kappa shape index (κ3) is 4.11. The van der Waals surface area contributed by atoms with E-state index in [1.54, 1.807) is 18.7 Å². The number of benzene rings is 1. The number of aryl methyl sites for hydroxylation is 1. The molecule has 2 aromatic rings. The molecule has 1 aromatic carbocycles. The van der Waals surface area contributed by atoms with Gasteiger partial charge in [0.25, 0.3) is 0 Å². The molecule has 1 fully saturated rings. The third-order valence-corrected chi connectivity index (χ3v) is 5.13. The summed E-state index contributed by atoms with van der Waals surface area (Å²) in [4.78, 5) is 24.9. The summed E-state index contributed by atoms with van der Waals surface area (Å²) in [6, 6.07) is 7.51. The predicted octanol–water partition coefficient (Wildman–Crippen LogP) is 0.894. The number of nitrogens with one attached hydrogen (secondary N) is 2. The van der Waals surface area contributed by atoms with Crippen LogP contribution in [0.2, 0.25) is 0 Å². The number of carbonyl (C=O) groups is 1. The van der Waals surface area contributed by atoms with Crippen LogP contribution in [0.5, 0.6) is 0 Å². The van der Waals surface area contributed by atoms with Crippen molar-refractivity contribution in [2.24, 2.45) is 12.5 Å². The van der Waals surface area contributed by atoms with Gasteiger partial charge in [0.2, 0.25) is 5.91 Å². The van der Waals surface area contributed by atoms with Crippen molar-refractivity contribution < 1.29 is 9.53 Å². The van der Waals surface area contributed by atoms with Crippen molar-refractivity contribution in [3.05, 3.63) is 34.7 Å². The molecule has 0 atom stereocenters. The van der Waals surface area contributed by atoms with Crippen LogP contribution in [-0.2, 0) is 23.1 Å². The summed E-state index contributed by atoms with van der Waals surface area (Å²) >= 11 is 0. The lowest BCUT2D eigenvalue weighted by Gasteiger charge is -2.37. The average Bonchev–Trinajstić information content (AvgIpc) is 2.87. The lowest BCUT2D eigenvalue weighted by atomic mass is 9.79. The van der Waals surface area contributed by atoms with E-state index in [1.165, 1.54) is 4.57 Å². The van der Waals surface area contributed by atoms with Gasteiger partial charge in [0.15, 0.2) is 0 Å². The number of hydrogen-bond donors (Lipinski definition) is 2. The van der Waals surface area contributed by atoms with Gasteiger partial charge in [-0.05, 0) is 38.1 Å². The number of piperidine rings is 1. The number of nitrogens with zero attached hydrogens (tertiary/aromatic N) is 2. The van der Waals surface area contributed by atoms with Crippen molar-refractivity contribution >= 4 is 29.3 Å². The first-order valence-electron chi connectivity index (χ1n) is 8.67. The van der Waals surface area contributed by atoms with Gasteiger partial charge in [-0.15, -0.1) is 12.4 Å². The van der Waals surface area contributed by atoms with Crippen LogP contribution in [0, 0.1) is 5.41 Å². The van der Waals surface area contributed by atoms with Crippen LogP contribution in [0.3, 0.4) is 0 Å². The second-order valence-corrected chi connectivity index (χ2v) is 6.88. The molecule has 0 saturated carbocycles. The number of aromatic nitrogens is 2. The van der Waals surface area contributed by atoms with Crippen molar-refractivity contribution in [1.29, 1.82) is 0 Å². The lowest BCUT2D eigenvalue weighted by Crippen LogP contribution is -2.48. The zero-order chi connectivity index (χ0) is 17.9. The molecule has 7 nitrogen and oxygen atoms in total. The molecule has 1 saturated heterocycles. The fourth-order valence-corrected chi connectivity index (χ4v) is 3.64. The van der Waals surface area contributed by atoms with E-state index in [9.17, 15) is 9.59 Å². The summed E-state index contributed by atoms with van der Waals surface area (Å²) in [5.41, 5.74) is 1.40. The molecule has 144 valence electrons. The Morgan fingerprint density at radius 2 is 1.92 bits per heavy atom. The number of rotatable bonds is 6. The van der Waals surface area contributed by atoms with Crippen molar-refractivity contribution in [1.82, 2.24) is 19.8 Å². The fraction of sp³-hybridized carbons (Fsp3) is 0.556. The normalized spacial score (nSPS) is 16.2. The number of para-hydroxylation sites is 2. The average molecular weight is 383 g/mol. The van der Waals surface area contributed by atoms with Crippen LogP contribution in [0.25, 0.3) is 11.0 Å². The standard InChI is InChI=1S/C18H26N4O3.ClH/c1-21-14-5-3-4-6-15(14)22(17(21)24)11-16(23)20-12-18(13-25-2)7-9-19-10-8-18;/h3-6,19H,7-13H2,1-2H3,(H,20,23);1H. The third-order valence-electron chi connectivity index (χ3n) is 5.13. The van der Waals surface area contributed by atoms with Gasteiger partial charge in [-0.2, -0.15) is 0 Å². The second kappa shape index (κ2) is 8.70. The van der Waals surface area contributed by atoms with Gasteiger partial charge in [-0.1, -0.05) is 12.1 Å². The van der Waals surface area contributed by atoms with E-state index in [0.29, 0.717) is 13.2 Å². The van der Waals surface area contributed by atoms with Gasteiger partial charge in [0, 0.05) is 26.1 Å². The summed E-state index contributed by atoms with van der Waals surface area (Å²) in [7, 11) is 3.42. The van der Waals surface area contributed by atoms with Crippen LogP contribution in [-0.4, -0.2) is 48.4 Å². The van der Waals surface area contributed by atoms with Crippen LogP contribution in [0.15, 0.2) is 29.1 Å². The summed E-state index contributed by atoms with van der Waals surface area (Å²) in [5.74, 6) is -0.146. The highest BCUT2D eigenvalue weighted by atomic mass is 35.5. The molecule has 0 spiro atoms. The number of methoxy groups -OCH3 is 1. The minimum Gasteiger partial charge on any atom is -0.384 e. The highest BCUT2D eigenvalue weighted by Crippen LogP contribution is 2.28. The molecule has 0 bridgehead atoms. The maximum absolute atomic E-state index is 12.5. The van der Waals surface area contributed by atoms with Crippen LogP contribution >= 0.6 is 12.4 Å². The Kier molecular flexibility index (Phi) is 6.86. The Morgan fingerprint density at radius 1 is 1.27 bits per heavy atom. The molecule has 0 aliphatic carbocycles. The predicted molar refractivity (Wildman–Crippen MR) is 104 cm³/mol. The first-order valence-corrected chi connectivity index (χ1v) is 8.67. The van der Waals surface area contributed by atoms with Crippen LogP contribution in [0.1, 0.15) is 12.8 Å². The summed E-state index contributed by atoms with van der Waals surface area (Å²) < 4.78 is 8.47. The summed E-state index contributed by atoms with van der Waals surface area (Å²) in [5, 5.41) is 6.35. The number of carbonyl (C=O) groups excluding carboxylic acids is 1. The number of fused-ring (bicyclic) bond motifs is 1. The number of amides is 1. The summed E-state index contributed by atoms with van der Waals surface area (Å²) in [6.07, 6.45) is 1.94. The van der Waals surface area contributed by atoms with Crippen LogP contribution in [0.4, 0.5) is 0 Å². The van der Waals surface area contributed by atoms with Gasteiger partial charge < -0.3 is 15.4 Å². The van der Waals surface area contributed by atoms with E-state index in [0.717, 1.165) is 37.0 Å². The number of hydrogen-bond acceptors (Lipinski definition) is 4.